The van der Waals surface area contributed by atoms with Gasteiger partial charge in [0.05, 0.1) is 16.7 Å². The molecule has 1 aromatic rings. The van der Waals surface area contributed by atoms with Crippen molar-refractivity contribution in [2.24, 2.45) is 5.92 Å². The highest BCUT2D eigenvalue weighted by molar-refractivity contribution is 7.11. The quantitative estimate of drug-likeness (QED) is 0.865. The summed E-state index contributed by atoms with van der Waals surface area (Å²) in [6, 6.07) is -0.569. The van der Waals surface area contributed by atoms with Crippen molar-refractivity contribution in [1.82, 2.24) is 15.2 Å². The molecule has 2 atom stereocenters. The van der Waals surface area contributed by atoms with E-state index in [9.17, 15) is 9.59 Å². The Labute approximate surface area is 143 Å². The predicted octanol–water partition coefficient (Wildman–Crippen LogP) is 3.26. The van der Waals surface area contributed by atoms with Crippen molar-refractivity contribution < 1.29 is 9.59 Å². The molecule has 1 rings (SSSR count). The van der Waals surface area contributed by atoms with Gasteiger partial charge in [-0.15, -0.1) is 11.3 Å². The maximum absolute atomic E-state index is 12.8. The van der Waals surface area contributed by atoms with Crippen LogP contribution in [0, 0.1) is 12.8 Å². The predicted molar refractivity (Wildman–Crippen MR) is 94.6 cm³/mol. The van der Waals surface area contributed by atoms with Crippen LogP contribution >= 0.6 is 11.3 Å². The van der Waals surface area contributed by atoms with Crippen LogP contribution in [-0.4, -0.2) is 34.8 Å². The molecule has 0 aromatic carbocycles. The summed E-state index contributed by atoms with van der Waals surface area (Å²) in [4.78, 5) is 31.6. The maximum Gasteiger partial charge on any atom is 0.245 e. The molecule has 0 aliphatic heterocycles. The fraction of sp³-hybridized carbons (Fsp3) is 0.706. The molecule has 1 N–H and O–H groups in total. The number of likely N-dealkylation sites (N-methyl/N-ethyl adjacent to an activating group) is 1. The highest BCUT2D eigenvalue weighted by Gasteiger charge is 2.30. The van der Waals surface area contributed by atoms with E-state index in [2.05, 4.69) is 24.1 Å². The molecule has 0 bridgehead atoms. The molecule has 0 aliphatic rings. The molecule has 0 spiro atoms. The molecular formula is C17H29N3O2S. The van der Waals surface area contributed by atoms with Gasteiger partial charge >= 0.3 is 0 Å². The molecule has 0 fully saturated rings. The third kappa shape index (κ3) is 4.77. The van der Waals surface area contributed by atoms with Gasteiger partial charge in [0.1, 0.15) is 6.04 Å². The number of aryl methyl sites for hydroxylation is 1. The normalized spacial score (nSPS) is 14.0. The number of hydrogen-bond acceptors (Lipinski definition) is 4. The summed E-state index contributed by atoms with van der Waals surface area (Å²) in [6.45, 7) is 13.5. The van der Waals surface area contributed by atoms with E-state index in [-0.39, 0.29) is 23.8 Å². The van der Waals surface area contributed by atoms with Crippen LogP contribution < -0.4 is 5.32 Å². The fourth-order valence-electron chi connectivity index (χ4n) is 2.38. The average Bonchev–Trinajstić information content (AvgIpc) is 2.84. The van der Waals surface area contributed by atoms with Crippen molar-refractivity contribution in [3.8, 4) is 0 Å². The van der Waals surface area contributed by atoms with Crippen molar-refractivity contribution in [1.29, 1.82) is 0 Å². The molecule has 0 aliphatic carbocycles. The lowest BCUT2D eigenvalue weighted by molar-refractivity contribution is -0.137. The first-order chi connectivity index (χ1) is 10.6. The lowest BCUT2D eigenvalue weighted by atomic mass is 10.0. The standard InChI is InChI=1S/C17H29N3O2S/c1-9(2)14(19-13(7)21)17(22)20(8)12(6)15-11(5)18-16(23-15)10(3)4/h9-10,12,14H,1-8H3,(H,19,21). The number of carbonyl (C=O) groups is 2. The van der Waals surface area contributed by atoms with E-state index in [1.807, 2.05) is 27.7 Å². The molecule has 2 amide bonds. The van der Waals surface area contributed by atoms with Gasteiger partial charge in [-0.05, 0) is 19.8 Å². The fourth-order valence-corrected chi connectivity index (χ4v) is 3.55. The molecule has 0 radical (unpaired) electrons. The molecule has 2 unspecified atom stereocenters. The van der Waals surface area contributed by atoms with Gasteiger partial charge < -0.3 is 10.2 Å². The third-order valence-corrected chi connectivity index (χ3v) is 5.57. The monoisotopic (exact) mass is 339 g/mol. The SMILES string of the molecule is CC(=O)NC(C(=O)N(C)C(C)c1sc(C(C)C)nc1C)C(C)C. The summed E-state index contributed by atoms with van der Waals surface area (Å²) in [5.41, 5.74) is 0.978. The highest BCUT2D eigenvalue weighted by atomic mass is 32.1. The minimum absolute atomic E-state index is 0.0369. The van der Waals surface area contributed by atoms with E-state index in [0.717, 1.165) is 15.6 Å². The van der Waals surface area contributed by atoms with Crippen molar-refractivity contribution in [3.05, 3.63) is 15.6 Å². The van der Waals surface area contributed by atoms with Crippen molar-refractivity contribution >= 4 is 23.2 Å². The van der Waals surface area contributed by atoms with Crippen LogP contribution in [-0.2, 0) is 9.59 Å². The second kappa shape index (κ2) is 7.90. The Morgan fingerprint density at radius 2 is 1.74 bits per heavy atom. The van der Waals surface area contributed by atoms with E-state index in [0.29, 0.717) is 5.92 Å². The van der Waals surface area contributed by atoms with Crippen LogP contribution in [0.4, 0.5) is 0 Å². The number of amides is 2. The zero-order valence-electron chi connectivity index (χ0n) is 15.4. The molecule has 0 saturated heterocycles. The maximum atomic E-state index is 12.8. The molecule has 130 valence electrons. The van der Waals surface area contributed by atoms with Gasteiger partial charge in [-0.25, -0.2) is 4.98 Å². The zero-order valence-corrected chi connectivity index (χ0v) is 16.2. The first kappa shape index (κ1) is 19.6. The Hall–Kier alpha value is -1.43. The van der Waals surface area contributed by atoms with Gasteiger partial charge in [0.2, 0.25) is 11.8 Å². The zero-order chi connectivity index (χ0) is 17.9. The number of nitrogens with one attached hydrogen (secondary N) is 1. The third-order valence-electron chi connectivity index (χ3n) is 3.94. The smallest absolute Gasteiger partial charge is 0.245 e. The lowest BCUT2D eigenvalue weighted by Gasteiger charge is -2.30. The lowest BCUT2D eigenvalue weighted by Crippen LogP contribution is -2.50. The van der Waals surface area contributed by atoms with Gasteiger partial charge in [-0.3, -0.25) is 9.59 Å². The summed E-state index contributed by atoms with van der Waals surface area (Å²) in [7, 11) is 1.79. The van der Waals surface area contributed by atoms with E-state index in [1.165, 1.54) is 6.92 Å². The van der Waals surface area contributed by atoms with Gasteiger partial charge in [0, 0.05) is 24.8 Å². The number of rotatable bonds is 6. The van der Waals surface area contributed by atoms with Gasteiger partial charge in [0.15, 0.2) is 0 Å². The molecule has 0 saturated carbocycles. The summed E-state index contributed by atoms with van der Waals surface area (Å²) in [6.07, 6.45) is 0. The minimum Gasteiger partial charge on any atom is -0.344 e. The topological polar surface area (TPSA) is 62.3 Å². The molecule has 6 heteroatoms. The van der Waals surface area contributed by atoms with E-state index >= 15 is 0 Å². The van der Waals surface area contributed by atoms with Gasteiger partial charge in [-0.1, -0.05) is 27.7 Å². The Morgan fingerprint density at radius 1 is 1.17 bits per heavy atom. The summed E-state index contributed by atoms with van der Waals surface area (Å²) < 4.78 is 0. The molecule has 1 aromatic heterocycles. The second-order valence-electron chi connectivity index (χ2n) is 6.70. The van der Waals surface area contributed by atoms with E-state index in [1.54, 1.807) is 23.3 Å². The largest absolute Gasteiger partial charge is 0.344 e. The van der Waals surface area contributed by atoms with Crippen molar-refractivity contribution in [3.63, 3.8) is 0 Å². The minimum atomic E-state index is -0.502. The number of hydrogen-bond donors (Lipinski definition) is 1. The first-order valence-corrected chi connectivity index (χ1v) is 8.88. The molecule has 1 heterocycles. The Morgan fingerprint density at radius 3 is 2.13 bits per heavy atom. The summed E-state index contributed by atoms with van der Waals surface area (Å²) in [5, 5.41) is 3.85. The summed E-state index contributed by atoms with van der Waals surface area (Å²) in [5.74, 6) is 0.161. The van der Waals surface area contributed by atoms with Gasteiger partial charge in [0.25, 0.3) is 0 Å². The Bertz CT molecular complexity index is 566. The average molecular weight is 340 g/mol. The van der Waals surface area contributed by atoms with Gasteiger partial charge in [-0.2, -0.15) is 0 Å². The van der Waals surface area contributed by atoms with Crippen LogP contribution in [0.5, 0.6) is 0 Å². The first-order valence-electron chi connectivity index (χ1n) is 8.07. The number of nitrogens with zero attached hydrogens (tertiary/aromatic N) is 2. The summed E-state index contributed by atoms with van der Waals surface area (Å²) >= 11 is 1.66. The van der Waals surface area contributed by atoms with Crippen LogP contribution in [0.3, 0.4) is 0 Å². The molecule has 5 nitrogen and oxygen atoms in total. The van der Waals surface area contributed by atoms with E-state index < -0.39 is 6.04 Å². The van der Waals surface area contributed by atoms with Crippen LogP contribution in [0.1, 0.15) is 69.1 Å². The number of aromatic nitrogens is 1. The Balaban J connectivity index is 3.00. The van der Waals surface area contributed by atoms with Crippen LogP contribution in [0.15, 0.2) is 0 Å². The molecule has 23 heavy (non-hydrogen) atoms. The van der Waals surface area contributed by atoms with Crippen LogP contribution in [0.2, 0.25) is 0 Å². The number of carbonyl (C=O) groups excluding carboxylic acids is 2. The molecular weight excluding hydrogens is 310 g/mol. The van der Waals surface area contributed by atoms with Crippen molar-refractivity contribution in [2.75, 3.05) is 7.05 Å². The van der Waals surface area contributed by atoms with E-state index in [4.69, 9.17) is 0 Å². The highest BCUT2D eigenvalue weighted by Crippen LogP contribution is 2.32. The van der Waals surface area contributed by atoms with Crippen molar-refractivity contribution in [2.45, 2.75) is 66.5 Å². The second-order valence-corrected chi connectivity index (χ2v) is 7.77. The van der Waals surface area contributed by atoms with Crippen LogP contribution in [0.25, 0.3) is 0 Å². The number of thiazole rings is 1. The Kier molecular flexibility index (Phi) is 6.74.